The molecule has 7 heteroatoms. The van der Waals surface area contributed by atoms with Crippen LogP contribution in [0.1, 0.15) is 0 Å². The molecule has 0 radical (unpaired) electrons. The van der Waals surface area contributed by atoms with E-state index in [9.17, 15) is 0 Å². The minimum absolute atomic E-state index is 0.0284. The van der Waals surface area contributed by atoms with Crippen molar-refractivity contribution >= 4 is 23.8 Å². The Bertz CT molecular complexity index is 796. The first-order valence-corrected chi connectivity index (χ1v) is 7.12. The topological polar surface area (TPSA) is 88.2 Å². The van der Waals surface area contributed by atoms with Gasteiger partial charge in [0.1, 0.15) is 0 Å². The molecule has 0 aliphatic rings. The lowest BCUT2D eigenvalue weighted by atomic mass is 10.1. The van der Waals surface area contributed by atoms with Crippen molar-refractivity contribution in [3.8, 4) is 11.4 Å². The summed E-state index contributed by atoms with van der Waals surface area (Å²) in [7, 11) is 0. The average molecular weight is 308 g/mol. The normalized spacial score (nSPS) is 10.5. The molecule has 0 atom stereocenters. The molecular formula is C16H16N6O. The van der Waals surface area contributed by atoms with Crippen LogP contribution in [0.15, 0.2) is 53.5 Å². The van der Waals surface area contributed by atoms with E-state index < -0.39 is 0 Å². The van der Waals surface area contributed by atoms with Gasteiger partial charge in [-0.15, -0.1) is 10.2 Å². The third-order valence-electron chi connectivity index (χ3n) is 3.25. The molecule has 3 aromatic rings. The van der Waals surface area contributed by atoms with Gasteiger partial charge in [0.15, 0.2) is 0 Å². The van der Waals surface area contributed by atoms with E-state index in [2.05, 4.69) is 32.4 Å². The summed E-state index contributed by atoms with van der Waals surface area (Å²) in [6, 6.07) is 15.3. The molecule has 0 aliphatic heterocycles. The van der Waals surface area contributed by atoms with Crippen LogP contribution in [0, 0.1) is 0 Å². The van der Waals surface area contributed by atoms with Gasteiger partial charge in [-0.25, -0.2) is 0 Å². The Balaban J connectivity index is 1.88. The Morgan fingerprint density at radius 3 is 2.65 bits per heavy atom. The summed E-state index contributed by atoms with van der Waals surface area (Å²) in [6.07, 6.45) is 0. The third-order valence-corrected chi connectivity index (χ3v) is 3.25. The van der Waals surface area contributed by atoms with Crippen molar-refractivity contribution in [2.45, 2.75) is 6.54 Å². The van der Waals surface area contributed by atoms with Gasteiger partial charge in [0.2, 0.25) is 5.82 Å². The fourth-order valence-electron chi connectivity index (χ4n) is 2.13. The highest BCUT2D eigenvalue weighted by atomic mass is 16.3. The Labute approximate surface area is 133 Å². The van der Waals surface area contributed by atoms with Gasteiger partial charge >= 0.3 is 0 Å². The van der Waals surface area contributed by atoms with E-state index in [1.165, 1.54) is 4.80 Å². The maximum Gasteiger partial charge on any atom is 0.207 e. The van der Waals surface area contributed by atoms with Crippen molar-refractivity contribution in [3.63, 3.8) is 0 Å². The summed E-state index contributed by atoms with van der Waals surface area (Å²) in [4.78, 5) is 5.25. The molecule has 7 nitrogen and oxygen atoms in total. The Kier molecular flexibility index (Phi) is 4.39. The molecule has 0 fully saturated rings. The first-order chi connectivity index (χ1) is 11.3. The van der Waals surface area contributed by atoms with E-state index in [1.54, 1.807) is 0 Å². The maximum absolute atomic E-state index is 8.94. The lowest BCUT2D eigenvalue weighted by Crippen LogP contribution is -2.05. The molecule has 0 spiro atoms. The third kappa shape index (κ3) is 3.41. The molecule has 116 valence electrons. The van der Waals surface area contributed by atoms with Crippen LogP contribution in [-0.2, 0) is 6.54 Å². The first-order valence-electron chi connectivity index (χ1n) is 7.12. The van der Waals surface area contributed by atoms with Crippen molar-refractivity contribution in [2.75, 3.05) is 11.9 Å². The Morgan fingerprint density at radius 2 is 1.91 bits per heavy atom. The number of nitrogens with zero attached hydrogens (tertiary/aromatic N) is 5. The largest absolute Gasteiger partial charge is 0.394 e. The van der Waals surface area contributed by atoms with Gasteiger partial charge in [-0.05, 0) is 48.3 Å². The summed E-state index contributed by atoms with van der Waals surface area (Å²) in [5, 5.41) is 24.5. The summed E-state index contributed by atoms with van der Waals surface area (Å²) in [6.45, 7) is 3.79. The average Bonchev–Trinajstić information content (AvgIpc) is 3.05. The number of hydrogen-bond acceptors (Lipinski definition) is 6. The van der Waals surface area contributed by atoms with Crippen LogP contribution in [0.3, 0.4) is 0 Å². The molecule has 1 aromatic heterocycles. The highest BCUT2D eigenvalue weighted by molar-refractivity contribution is 5.77. The molecular weight excluding hydrogens is 292 g/mol. The van der Waals surface area contributed by atoms with Gasteiger partial charge in [0, 0.05) is 16.9 Å². The van der Waals surface area contributed by atoms with Gasteiger partial charge in [0.25, 0.3) is 0 Å². The van der Waals surface area contributed by atoms with Crippen LogP contribution in [0.2, 0.25) is 0 Å². The summed E-state index contributed by atoms with van der Waals surface area (Å²) >= 11 is 0. The molecule has 0 amide bonds. The molecule has 0 saturated carbocycles. The molecule has 2 N–H and O–H groups in total. The van der Waals surface area contributed by atoms with Crippen molar-refractivity contribution in [1.82, 2.24) is 20.2 Å². The molecule has 0 aliphatic carbocycles. The lowest BCUT2D eigenvalue weighted by molar-refractivity contribution is 0.259. The number of aliphatic imine (C=N–C) groups is 1. The zero-order chi connectivity index (χ0) is 16.1. The van der Waals surface area contributed by atoms with Crippen molar-refractivity contribution < 1.29 is 5.11 Å². The van der Waals surface area contributed by atoms with Crippen LogP contribution >= 0.6 is 0 Å². The highest BCUT2D eigenvalue weighted by Crippen LogP contribution is 2.28. The Hall–Kier alpha value is -3.06. The van der Waals surface area contributed by atoms with E-state index in [1.807, 2.05) is 48.5 Å². The smallest absolute Gasteiger partial charge is 0.207 e. The SMILES string of the molecule is C=Nc1ccc(Nc2ccccc2-c2nnn(CCO)n2)cc1. The van der Waals surface area contributed by atoms with Crippen molar-refractivity contribution in [2.24, 2.45) is 4.99 Å². The lowest BCUT2D eigenvalue weighted by Gasteiger charge is -2.10. The monoisotopic (exact) mass is 308 g/mol. The zero-order valence-corrected chi connectivity index (χ0v) is 12.4. The molecule has 2 aromatic carbocycles. The second kappa shape index (κ2) is 6.80. The van der Waals surface area contributed by atoms with Crippen LogP contribution in [0.5, 0.6) is 0 Å². The number of anilines is 2. The highest BCUT2D eigenvalue weighted by Gasteiger charge is 2.10. The number of aliphatic hydroxyl groups excluding tert-OH is 1. The second-order valence-electron chi connectivity index (χ2n) is 4.81. The predicted molar refractivity (Wildman–Crippen MR) is 89.3 cm³/mol. The van der Waals surface area contributed by atoms with Crippen LogP contribution < -0.4 is 5.32 Å². The fraction of sp³-hybridized carbons (Fsp3) is 0.125. The van der Waals surface area contributed by atoms with Crippen LogP contribution in [-0.4, -0.2) is 38.6 Å². The van der Waals surface area contributed by atoms with Gasteiger partial charge in [-0.2, -0.15) is 4.80 Å². The van der Waals surface area contributed by atoms with E-state index in [0.717, 1.165) is 22.6 Å². The number of tetrazole rings is 1. The summed E-state index contributed by atoms with van der Waals surface area (Å²) in [5.41, 5.74) is 3.45. The number of hydrogen-bond donors (Lipinski definition) is 2. The number of nitrogens with one attached hydrogen (secondary N) is 1. The van der Waals surface area contributed by atoms with E-state index in [4.69, 9.17) is 5.11 Å². The molecule has 0 unspecified atom stereocenters. The quantitative estimate of drug-likeness (QED) is 0.683. The van der Waals surface area contributed by atoms with E-state index >= 15 is 0 Å². The predicted octanol–water partition coefficient (Wildman–Crippen LogP) is 2.41. The molecule has 1 heterocycles. The van der Waals surface area contributed by atoms with Gasteiger partial charge < -0.3 is 10.4 Å². The van der Waals surface area contributed by atoms with Crippen molar-refractivity contribution in [3.05, 3.63) is 48.5 Å². The van der Waals surface area contributed by atoms with Crippen LogP contribution in [0.4, 0.5) is 17.1 Å². The standard InChI is InChI=1S/C16H16N6O/c1-17-12-6-8-13(9-7-12)18-15-5-3-2-4-14(15)16-19-21-22(20-16)10-11-23/h2-9,18,23H,1,10-11H2. The molecule has 0 bridgehead atoms. The van der Waals surface area contributed by atoms with Gasteiger partial charge in [-0.1, -0.05) is 12.1 Å². The van der Waals surface area contributed by atoms with Gasteiger partial charge in [-0.3, -0.25) is 4.99 Å². The first kappa shape index (κ1) is 14.9. The fourth-order valence-corrected chi connectivity index (χ4v) is 2.13. The molecule has 0 saturated heterocycles. The Morgan fingerprint density at radius 1 is 1.13 bits per heavy atom. The zero-order valence-electron chi connectivity index (χ0n) is 12.4. The minimum Gasteiger partial charge on any atom is -0.394 e. The number of benzene rings is 2. The van der Waals surface area contributed by atoms with Gasteiger partial charge in [0.05, 0.1) is 18.8 Å². The summed E-state index contributed by atoms with van der Waals surface area (Å²) in [5.74, 6) is 0.505. The van der Waals surface area contributed by atoms with E-state index in [-0.39, 0.29) is 6.61 Å². The number of para-hydroxylation sites is 1. The maximum atomic E-state index is 8.94. The molecule has 3 rings (SSSR count). The van der Waals surface area contributed by atoms with Crippen LogP contribution in [0.25, 0.3) is 11.4 Å². The number of aromatic nitrogens is 4. The number of aliphatic hydroxyl groups is 1. The molecule has 23 heavy (non-hydrogen) atoms. The van der Waals surface area contributed by atoms with E-state index in [0.29, 0.717) is 12.4 Å². The minimum atomic E-state index is -0.0284. The second-order valence-corrected chi connectivity index (χ2v) is 4.81. The number of rotatable bonds is 6. The summed E-state index contributed by atoms with van der Waals surface area (Å²) < 4.78 is 0. The van der Waals surface area contributed by atoms with Crippen molar-refractivity contribution in [1.29, 1.82) is 0 Å².